The first-order valence-corrected chi connectivity index (χ1v) is 9.05. The number of hydrogen-bond acceptors (Lipinski definition) is 5. The zero-order chi connectivity index (χ0) is 15.1. The lowest BCUT2D eigenvalue weighted by molar-refractivity contribution is 0.0837. The highest BCUT2D eigenvalue weighted by molar-refractivity contribution is 6.36. The van der Waals surface area contributed by atoms with Crippen LogP contribution in [0.2, 0.25) is 0 Å². The Hall–Kier alpha value is 0.0169. The van der Waals surface area contributed by atoms with E-state index < -0.39 is 9.53 Å². The van der Waals surface area contributed by atoms with E-state index in [0.29, 0.717) is 19.1 Å². The summed E-state index contributed by atoms with van der Waals surface area (Å²) in [5.41, 5.74) is 0. The van der Waals surface area contributed by atoms with Crippen molar-refractivity contribution >= 4 is 9.53 Å². The van der Waals surface area contributed by atoms with E-state index in [0.717, 1.165) is 19.7 Å². The summed E-state index contributed by atoms with van der Waals surface area (Å²) in [5, 5.41) is 6.40. The third-order valence-electron chi connectivity index (χ3n) is 3.04. The van der Waals surface area contributed by atoms with E-state index in [1.54, 1.807) is 0 Å². The standard InChI is InChI=1S/C14H33N2O3Si/c1-5-17-20(18-6-2)19-13-14(9-7-11-15-3)10-8-12-16-4/h14-16H,5-13H2,1-4H3. The SMILES string of the molecule is CCO[Si](OCC)OCC(CCCNC)CCCNC. The van der Waals surface area contributed by atoms with Crippen LogP contribution in [-0.4, -0.2) is 56.5 Å². The summed E-state index contributed by atoms with van der Waals surface area (Å²) >= 11 is 0. The van der Waals surface area contributed by atoms with Crippen molar-refractivity contribution in [2.24, 2.45) is 5.92 Å². The average Bonchev–Trinajstić information content (AvgIpc) is 2.45. The van der Waals surface area contributed by atoms with Gasteiger partial charge in [-0.15, -0.1) is 0 Å². The maximum Gasteiger partial charge on any atom is 0.577 e. The molecule has 0 bridgehead atoms. The largest absolute Gasteiger partial charge is 0.577 e. The van der Waals surface area contributed by atoms with Crippen molar-refractivity contribution in [3.63, 3.8) is 0 Å². The Bertz CT molecular complexity index is 183. The Morgan fingerprint density at radius 2 is 1.35 bits per heavy atom. The van der Waals surface area contributed by atoms with Gasteiger partial charge in [0.1, 0.15) is 0 Å². The monoisotopic (exact) mass is 305 g/mol. The van der Waals surface area contributed by atoms with E-state index in [9.17, 15) is 0 Å². The Kier molecular flexibility index (Phi) is 15.4. The van der Waals surface area contributed by atoms with Crippen LogP contribution in [0.4, 0.5) is 0 Å². The molecule has 0 aliphatic carbocycles. The molecular formula is C14H33N2O3Si. The van der Waals surface area contributed by atoms with Crippen LogP contribution in [0.15, 0.2) is 0 Å². The highest BCUT2D eigenvalue weighted by Crippen LogP contribution is 2.14. The van der Waals surface area contributed by atoms with Crippen LogP contribution in [0.25, 0.3) is 0 Å². The topological polar surface area (TPSA) is 51.8 Å². The summed E-state index contributed by atoms with van der Waals surface area (Å²) in [6.07, 6.45) is 4.76. The highest BCUT2D eigenvalue weighted by atomic mass is 28.3. The van der Waals surface area contributed by atoms with E-state index in [1.165, 1.54) is 25.7 Å². The van der Waals surface area contributed by atoms with Gasteiger partial charge in [-0.2, -0.15) is 0 Å². The lowest BCUT2D eigenvalue weighted by Gasteiger charge is -2.19. The Morgan fingerprint density at radius 3 is 1.75 bits per heavy atom. The summed E-state index contributed by atoms with van der Waals surface area (Å²) in [7, 11) is 2.46. The fraction of sp³-hybridized carbons (Fsp3) is 1.00. The lowest BCUT2D eigenvalue weighted by atomic mass is 9.98. The first-order chi connectivity index (χ1) is 9.78. The van der Waals surface area contributed by atoms with Crippen LogP contribution in [0.3, 0.4) is 0 Å². The second-order valence-electron chi connectivity index (χ2n) is 4.78. The van der Waals surface area contributed by atoms with Crippen molar-refractivity contribution in [2.45, 2.75) is 39.5 Å². The third-order valence-corrected chi connectivity index (χ3v) is 4.49. The van der Waals surface area contributed by atoms with Crippen molar-refractivity contribution in [1.82, 2.24) is 10.6 Å². The normalized spacial score (nSPS) is 11.7. The highest BCUT2D eigenvalue weighted by Gasteiger charge is 2.20. The zero-order valence-corrected chi connectivity index (χ0v) is 14.7. The maximum absolute atomic E-state index is 5.86. The van der Waals surface area contributed by atoms with Gasteiger partial charge in [-0.05, 0) is 72.6 Å². The molecule has 5 nitrogen and oxygen atoms in total. The number of rotatable bonds is 15. The fourth-order valence-corrected chi connectivity index (χ4v) is 3.09. The van der Waals surface area contributed by atoms with E-state index in [4.69, 9.17) is 13.3 Å². The van der Waals surface area contributed by atoms with E-state index in [-0.39, 0.29) is 0 Å². The van der Waals surface area contributed by atoms with E-state index in [2.05, 4.69) is 10.6 Å². The van der Waals surface area contributed by atoms with Crippen LogP contribution in [0.5, 0.6) is 0 Å². The number of nitrogens with one attached hydrogen (secondary N) is 2. The van der Waals surface area contributed by atoms with Crippen LogP contribution in [0.1, 0.15) is 39.5 Å². The minimum atomic E-state index is -1.53. The molecule has 6 heteroatoms. The molecule has 0 spiro atoms. The van der Waals surface area contributed by atoms with Crippen molar-refractivity contribution in [1.29, 1.82) is 0 Å². The summed E-state index contributed by atoms with van der Waals surface area (Å²) in [4.78, 5) is 0. The molecule has 0 aromatic heterocycles. The van der Waals surface area contributed by atoms with Crippen molar-refractivity contribution < 1.29 is 13.3 Å². The van der Waals surface area contributed by atoms with Gasteiger partial charge >= 0.3 is 9.53 Å². The molecule has 0 rings (SSSR count). The molecule has 20 heavy (non-hydrogen) atoms. The van der Waals surface area contributed by atoms with Crippen LogP contribution < -0.4 is 10.6 Å². The molecule has 0 atom stereocenters. The molecule has 0 unspecified atom stereocenters. The Balaban J connectivity index is 4.01. The summed E-state index contributed by atoms with van der Waals surface area (Å²) < 4.78 is 16.9. The lowest BCUT2D eigenvalue weighted by Crippen LogP contribution is -2.30. The predicted octanol–water partition coefficient (Wildman–Crippen LogP) is 1.68. The van der Waals surface area contributed by atoms with Gasteiger partial charge in [0.2, 0.25) is 0 Å². The molecule has 0 aromatic carbocycles. The molecule has 0 aliphatic rings. The van der Waals surface area contributed by atoms with E-state index in [1.807, 2.05) is 27.9 Å². The van der Waals surface area contributed by atoms with Crippen LogP contribution in [0, 0.1) is 5.92 Å². The molecular weight excluding hydrogens is 272 g/mol. The zero-order valence-electron chi connectivity index (χ0n) is 13.7. The first kappa shape index (κ1) is 20.0. The Morgan fingerprint density at radius 1 is 0.850 bits per heavy atom. The summed E-state index contributed by atoms with van der Waals surface area (Å²) in [6, 6.07) is 0. The maximum atomic E-state index is 5.86. The molecule has 0 fully saturated rings. The summed E-state index contributed by atoms with van der Waals surface area (Å²) in [6.45, 7) is 8.14. The second kappa shape index (κ2) is 15.4. The quantitative estimate of drug-likeness (QED) is 0.356. The molecule has 0 aliphatic heterocycles. The van der Waals surface area contributed by atoms with Crippen molar-refractivity contribution in [2.75, 3.05) is 47.0 Å². The minimum Gasteiger partial charge on any atom is -0.371 e. The molecule has 1 radical (unpaired) electrons. The van der Waals surface area contributed by atoms with Gasteiger partial charge < -0.3 is 23.9 Å². The minimum absolute atomic E-state index is 0.595. The molecule has 0 saturated carbocycles. The second-order valence-corrected chi connectivity index (χ2v) is 6.15. The van der Waals surface area contributed by atoms with Gasteiger partial charge in [0.15, 0.2) is 0 Å². The van der Waals surface area contributed by atoms with Crippen LogP contribution in [-0.2, 0) is 13.3 Å². The average molecular weight is 306 g/mol. The smallest absolute Gasteiger partial charge is 0.371 e. The molecule has 0 amide bonds. The number of hydrogen-bond donors (Lipinski definition) is 2. The van der Waals surface area contributed by atoms with Gasteiger partial charge in [0, 0.05) is 19.8 Å². The van der Waals surface area contributed by atoms with Gasteiger partial charge in [-0.1, -0.05) is 0 Å². The van der Waals surface area contributed by atoms with E-state index >= 15 is 0 Å². The van der Waals surface area contributed by atoms with Gasteiger partial charge in [-0.3, -0.25) is 0 Å². The molecule has 2 N–H and O–H groups in total. The summed E-state index contributed by atoms with van der Waals surface area (Å²) in [5.74, 6) is 0.595. The van der Waals surface area contributed by atoms with Crippen LogP contribution >= 0.6 is 0 Å². The van der Waals surface area contributed by atoms with Crippen molar-refractivity contribution in [3.05, 3.63) is 0 Å². The molecule has 0 aromatic rings. The molecule has 0 saturated heterocycles. The fourth-order valence-electron chi connectivity index (χ4n) is 1.99. The van der Waals surface area contributed by atoms with Gasteiger partial charge in [0.25, 0.3) is 0 Å². The van der Waals surface area contributed by atoms with Crippen molar-refractivity contribution in [3.8, 4) is 0 Å². The predicted molar refractivity (Wildman–Crippen MR) is 84.8 cm³/mol. The molecule has 121 valence electrons. The first-order valence-electron chi connectivity index (χ1n) is 7.82. The Labute approximate surface area is 126 Å². The van der Waals surface area contributed by atoms with Gasteiger partial charge in [-0.25, -0.2) is 0 Å². The molecule has 0 heterocycles. The third kappa shape index (κ3) is 11.8. The van der Waals surface area contributed by atoms with Gasteiger partial charge in [0.05, 0.1) is 0 Å².